The van der Waals surface area contributed by atoms with Gasteiger partial charge >= 0.3 is 0 Å². The number of benzene rings is 9. The van der Waals surface area contributed by atoms with Crippen molar-refractivity contribution in [3.63, 3.8) is 0 Å². The molecule has 0 N–H and O–H groups in total. The summed E-state index contributed by atoms with van der Waals surface area (Å²) >= 11 is 0. The van der Waals surface area contributed by atoms with Crippen molar-refractivity contribution in [1.29, 1.82) is 0 Å². The number of para-hydroxylation sites is 6. The molecule has 322 valence electrons. The van der Waals surface area contributed by atoms with Gasteiger partial charge in [0.2, 0.25) is 11.9 Å². The maximum atomic E-state index is 5.76. The Bertz CT molecular complexity index is 4140. The van der Waals surface area contributed by atoms with E-state index in [1.807, 2.05) is 6.07 Å². The predicted octanol–water partition coefficient (Wildman–Crippen LogP) is 15.2. The van der Waals surface area contributed by atoms with Crippen LogP contribution in [0.4, 0.5) is 0 Å². The highest BCUT2D eigenvalue weighted by molar-refractivity contribution is 6.27. The van der Waals surface area contributed by atoms with Gasteiger partial charge in [-0.1, -0.05) is 140 Å². The average molecular weight is 874 g/mol. The fourth-order valence-electron chi connectivity index (χ4n) is 11.5. The summed E-state index contributed by atoms with van der Waals surface area (Å²) < 4.78 is 9.50. The highest BCUT2D eigenvalue weighted by Crippen LogP contribution is 2.47. The van der Waals surface area contributed by atoms with E-state index in [1.165, 1.54) is 54.6 Å². The first kappa shape index (κ1) is 38.5. The van der Waals surface area contributed by atoms with Crippen LogP contribution in [0.1, 0.15) is 22.3 Å². The van der Waals surface area contributed by atoms with Crippen molar-refractivity contribution in [2.75, 3.05) is 0 Å². The molecular weight excluding hydrogens is 831 g/mol. The second-order valence-electron chi connectivity index (χ2n) is 18.1. The number of aromatic nitrogens is 7. The molecule has 5 aromatic heterocycles. The van der Waals surface area contributed by atoms with Crippen molar-refractivity contribution in [3.05, 3.63) is 210 Å². The highest BCUT2D eigenvalue weighted by atomic mass is 15.3. The van der Waals surface area contributed by atoms with Crippen LogP contribution < -0.4 is 0 Å². The molecule has 0 amide bonds. The summed E-state index contributed by atoms with van der Waals surface area (Å²) in [6.45, 7) is 9.11. The molecule has 0 radical (unpaired) electrons. The zero-order chi connectivity index (χ0) is 45.4. The van der Waals surface area contributed by atoms with Crippen LogP contribution in [0.15, 0.2) is 188 Å². The van der Waals surface area contributed by atoms with E-state index >= 15 is 0 Å². The molecule has 0 aliphatic heterocycles. The molecule has 14 rings (SSSR count). The predicted molar refractivity (Wildman–Crippen MR) is 282 cm³/mol. The zero-order valence-electron chi connectivity index (χ0n) is 38.0. The molecular formula is C61H43N7. The molecule has 0 aliphatic rings. The molecule has 0 atom stereocenters. The van der Waals surface area contributed by atoms with Gasteiger partial charge in [0.1, 0.15) is 0 Å². The topological polar surface area (TPSA) is 58.4 Å². The highest BCUT2D eigenvalue weighted by Gasteiger charge is 2.29. The second-order valence-corrected chi connectivity index (χ2v) is 18.1. The van der Waals surface area contributed by atoms with Gasteiger partial charge in [-0.2, -0.15) is 15.0 Å². The van der Waals surface area contributed by atoms with Gasteiger partial charge in [0, 0.05) is 60.0 Å². The summed E-state index contributed by atoms with van der Waals surface area (Å²) in [6.07, 6.45) is 0. The molecule has 7 heteroatoms. The van der Waals surface area contributed by atoms with Crippen LogP contribution in [0, 0.1) is 27.7 Å². The minimum atomic E-state index is 0.545. The van der Waals surface area contributed by atoms with E-state index in [9.17, 15) is 0 Å². The summed E-state index contributed by atoms with van der Waals surface area (Å²) in [7, 11) is 0. The van der Waals surface area contributed by atoms with Crippen LogP contribution in [-0.4, -0.2) is 33.2 Å². The third-order valence-electron chi connectivity index (χ3n) is 14.6. The Morgan fingerprint density at radius 3 is 0.912 bits per heavy atom. The van der Waals surface area contributed by atoms with Crippen LogP contribution >= 0.6 is 0 Å². The number of fused-ring (bicyclic) bond motifs is 14. The largest absolute Gasteiger partial charge is 0.307 e. The lowest BCUT2D eigenvalue weighted by Gasteiger charge is -2.16. The van der Waals surface area contributed by atoms with Crippen molar-refractivity contribution < 1.29 is 0 Å². The van der Waals surface area contributed by atoms with Crippen molar-refractivity contribution in [2.24, 2.45) is 0 Å². The monoisotopic (exact) mass is 873 g/mol. The third-order valence-corrected chi connectivity index (χ3v) is 14.6. The van der Waals surface area contributed by atoms with E-state index < -0.39 is 0 Å². The maximum Gasteiger partial charge on any atom is 0.240 e. The summed E-state index contributed by atoms with van der Waals surface area (Å²) in [6, 6.07) is 66.9. The van der Waals surface area contributed by atoms with E-state index in [1.54, 1.807) is 0 Å². The average Bonchev–Trinajstić information content (AvgIpc) is 4.13. The minimum Gasteiger partial charge on any atom is -0.307 e. The molecule has 7 nitrogen and oxygen atoms in total. The van der Waals surface area contributed by atoms with Crippen LogP contribution in [0.5, 0.6) is 0 Å². The number of hydrogen-bond donors (Lipinski definition) is 0. The molecule has 0 fully saturated rings. The Balaban J connectivity index is 1.20. The van der Waals surface area contributed by atoms with Gasteiger partial charge in [-0.15, -0.1) is 0 Å². The Morgan fingerprint density at radius 2 is 0.559 bits per heavy atom. The molecule has 14 aromatic rings. The summed E-state index contributed by atoms with van der Waals surface area (Å²) in [5.41, 5.74) is 16.8. The minimum absolute atomic E-state index is 0.545. The summed E-state index contributed by atoms with van der Waals surface area (Å²) in [5, 5.41) is 9.53. The fraction of sp³-hybridized carbons (Fsp3) is 0.0656. The normalized spacial score (nSPS) is 12.1. The standard InChI is InChI=1S/C61H43N7/c1-36-38(3)53-45-30-16-20-34-49(45)67(57(53)55-51(36)43-28-14-18-32-47(43)65(55)41-24-10-6-11-25-41)60-62-59(40-22-8-5-9-23-40)63-61(64-60)68-50-35-21-17-31-46(50)54-39(4)37(2)52-44-29-15-19-33-48(44)66(56(52)58(54)68)42-26-12-7-13-27-42/h5-35H,1-4H3. The Kier molecular flexibility index (Phi) is 8.11. The molecule has 0 unspecified atom stereocenters. The molecule has 0 spiro atoms. The number of nitrogens with zero attached hydrogens (tertiary/aromatic N) is 7. The fourth-order valence-corrected chi connectivity index (χ4v) is 11.5. The van der Waals surface area contributed by atoms with Crippen molar-refractivity contribution >= 4 is 87.2 Å². The Labute approximate surface area is 391 Å². The lowest BCUT2D eigenvalue weighted by atomic mass is 9.97. The van der Waals surface area contributed by atoms with Gasteiger partial charge in [0.25, 0.3) is 0 Å². The van der Waals surface area contributed by atoms with Crippen molar-refractivity contribution in [1.82, 2.24) is 33.2 Å². The lowest BCUT2D eigenvalue weighted by Crippen LogP contribution is -2.11. The van der Waals surface area contributed by atoms with Crippen molar-refractivity contribution in [3.8, 4) is 34.7 Å². The van der Waals surface area contributed by atoms with Crippen LogP contribution in [-0.2, 0) is 0 Å². The molecule has 0 saturated carbocycles. The first-order chi connectivity index (χ1) is 33.5. The molecule has 0 saturated heterocycles. The lowest BCUT2D eigenvalue weighted by molar-refractivity contribution is 0.893. The quantitative estimate of drug-likeness (QED) is 0.173. The van der Waals surface area contributed by atoms with Gasteiger partial charge < -0.3 is 9.13 Å². The molecule has 5 heterocycles. The van der Waals surface area contributed by atoms with Crippen molar-refractivity contribution in [2.45, 2.75) is 27.7 Å². The van der Waals surface area contributed by atoms with Gasteiger partial charge in [0.15, 0.2) is 5.82 Å². The van der Waals surface area contributed by atoms with E-state index in [2.05, 4.69) is 228 Å². The second kappa shape index (κ2) is 14.3. The SMILES string of the molecule is Cc1c(C)c2c3ccccc3n(-c3nc(-c4ccccc4)nc(-n4c5ccccc5c5c(C)c(C)c6c7ccccc7n(-c7ccccc7)c6c54)n3)c2c2c1c1ccccc1n2-c1ccccc1. The Morgan fingerprint density at radius 1 is 0.279 bits per heavy atom. The summed E-state index contributed by atoms with van der Waals surface area (Å²) in [4.78, 5) is 16.8. The molecule has 0 aliphatic carbocycles. The summed E-state index contributed by atoms with van der Waals surface area (Å²) in [5.74, 6) is 1.68. The molecule has 0 bridgehead atoms. The molecule has 68 heavy (non-hydrogen) atoms. The first-order valence-electron chi connectivity index (χ1n) is 23.3. The number of rotatable bonds is 5. The van der Waals surface area contributed by atoms with E-state index in [4.69, 9.17) is 15.0 Å². The van der Waals surface area contributed by atoms with E-state index in [-0.39, 0.29) is 0 Å². The maximum absolute atomic E-state index is 5.76. The van der Waals surface area contributed by atoms with Gasteiger partial charge in [-0.25, -0.2) is 0 Å². The third kappa shape index (κ3) is 5.15. The van der Waals surface area contributed by atoms with E-state index in [0.29, 0.717) is 17.7 Å². The first-order valence-corrected chi connectivity index (χ1v) is 23.3. The smallest absolute Gasteiger partial charge is 0.240 e. The number of hydrogen-bond acceptors (Lipinski definition) is 3. The zero-order valence-corrected chi connectivity index (χ0v) is 38.0. The van der Waals surface area contributed by atoms with Gasteiger partial charge in [0.05, 0.1) is 44.1 Å². The number of aryl methyl sites for hydroxylation is 4. The van der Waals surface area contributed by atoms with Crippen LogP contribution in [0.2, 0.25) is 0 Å². The van der Waals surface area contributed by atoms with Crippen LogP contribution in [0.3, 0.4) is 0 Å². The van der Waals surface area contributed by atoms with Gasteiger partial charge in [-0.3, -0.25) is 9.13 Å². The van der Waals surface area contributed by atoms with Gasteiger partial charge in [-0.05, 0) is 98.5 Å². The Hall–Kier alpha value is -8.81. The van der Waals surface area contributed by atoms with Crippen LogP contribution in [0.25, 0.3) is 122 Å². The van der Waals surface area contributed by atoms with E-state index in [0.717, 1.165) is 71.8 Å². The molecule has 9 aromatic carbocycles.